The Morgan fingerprint density at radius 1 is 1.19 bits per heavy atom. The summed E-state index contributed by atoms with van der Waals surface area (Å²) in [6.45, 7) is 3.60. The third kappa shape index (κ3) is 4.53. The second-order valence-corrected chi connectivity index (χ2v) is 7.96. The number of nitrogens with zero attached hydrogens (tertiary/aromatic N) is 1. The van der Waals surface area contributed by atoms with Gasteiger partial charge in [0.1, 0.15) is 11.8 Å². The molecule has 0 aliphatic heterocycles. The number of anilines is 1. The Balaban J connectivity index is 1.66. The SMILES string of the molecule is COc1ccc(-c2nc(NC(=O)C(C)NC(=O)c3cccs3)sc2C)cc1. The zero-order valence-electron chi connectivity index (χ0n) is 15.1. The normalized spacial score (nSPS) is 11.7. The van der Waals surface area contributed by atoms with E-state index in [0.717, 1.165) is 21.9 Å². The molecule has 2 amide bonds. The van der Waals surface area contributed by atoms with E-state index in [0.29, 0.717) is 10.0 Å². The van der Waals surface area contributed by atoms with Crippen molar-refractivity contribution in [3.05, 3.63) is 51.5 Å². The number of thiazole rings is 1. The highest BCUT2D eigenvalue weighted by molar-refractivity contribution is 7.16. The fourth-order valence-corrected chi connectivity index (χ4v) is 3.89. The second-order valence-electron chi connectivity index (χ2n) is 5.81. The molecular weight excluding hydrogens is 382 g/mol. The van der Waals surface area contributed by atoms with Gasteiger partial charge in [-0.3, -0.25) is 9.59 Å². The molecule has 0 spiro atoms. The summed E-state index contributed by atoms with van der Waals surface area (Å²) >= 11 is 2.73. The Labute approximate surface area is 165 Å². The summed E-state index contributed by atoms with van der Waals surface area (Å²) in [5, 5.41) is 7.79. The number of hydrogen-bond donors (Lipinski definition) is 2. The van der Waals surface area contributed by atoms with Gasteiger partial charge in [-0.15, -0.1) is 22.7 Å². The summed E-state index contributed by atoms with van der Waals surface area (Å²) in [6.07, 6.45) is 0. The van der Waals surface area contributed by atoms with Crippen LogP contribution in [0.25, 0.3) is 11.3 Å². The molecule has 2 aromatic heterocycles. The van der Waals surface area contributed by atoms with E-state index in [1.807, 2.05) is 36.6 Å². The van der Waals surface area contributed by atoms with Gasteiger partial charge < -0.3 is 15.4 Å². The first-order valence-electron chi connectivity index (χ1n) is 8.25. The molecule has 2 N–H and O–H groups in total. The summed E-state index contributed by atoms with van der Waals surface area (Å²) in [5.41, 5.74) is 1.76. The standard InChI is InChI=1S/C19H19N3O3S2/c1-11(20-18(24)15-5-4-10-26-15)17(23)22-19-21-16(12(2)27-19)13-6-8-14(25-3)9-7-13/h4-11H,1-3H3,(H,20,24)(H,21,22,23). The van der Waals surface area contributed by atoms with Crippen LogP contribution >= 0.6 is 22.7 Å². The number of thiophene rings is 1. The highest BCUT2D eigenvalue weighted by Crippen LogP contribution is 2.31. The van der Waals surface area contributed by atoms with E-state index in [-0.39, 0.29) is 11.8 Å². The molecule has 3 rings (SSSR count). The minimum absolute atomic E-state index is 0.262. The number of carbonyl (C=O) groups excluding carboxylic acids is 2. The largest absolute Gasteiger partial charge is 0.497 e. The number of amides is 2. The van der Waals surface area contributed by atoms with Crippen molar-refractivity contribution in [2.24, 2.45) is 0 Å². The topological polar surface area (TPSA) is 80.3 Å². The number of aryl methyl sites for hydroxylation is 1. The van der Waals surface area contributed by atoms with Gasteiger partial charge >= 0.3 is 0 Å². The summed E-state index contributed by atoms with van der Waals surface area (Å²) in [7, 11) is 1.62. The minimum atomic E-state index is -0.673. The van der Waals surface area contributed by atoms with E-state index < -0.39 is 6.04 Å². The summed E-state index contributed by atoms with van der Waals surface area (Å²) in [6, 6.07) is 10.4. The van der Waals surface area contributed by atoms with Gasteiger partial charge in [-0.1, -0.05) is 6.07 Å². The molecule has 140 valence electrons. The molecule has 0 saturated carbocycles. The zero-order chi connectivity index (χ0) is 19.4. The van der Waals surface area contributed by atoms with Crippen molar-refractivity contribution >= 4 is 39.6 Å². The molecule has 1 atom stereocenters. The van der Waals surface area contributed by atoms with Crippen LogP contribution in [0, 0.1) is 6.92 Å². The number of benzene rings is 1. The van der Waals surface area contributed by atoms with E-state index in [1.165, 1.54) is 22.7 Å². The van der Waals surface area contributed by atoms with E-state index in [4.69, 9.17) is 4.74 Å². The first-order chi connectivity index (χ1) is 13.0. The van der Waals surface area contributed by atoms with Crippen LogP contribution in [-0.2, 0) is 4.79 Å². The summed E-state index contributed by atoms with van der Waals surface area (Å²) < 4.78 is 5.17. The van der Waals surface area contributed by atoms with Crippen molar-refractivity contribution in [2.75, 3.05) is 12.4 Å². The number of aromatic nitrogens is 1. The molecule has 2 heterocycles. The van der Waals surface area contributed by atoms with Gasteiger partial charge in [-0.25, -0.2) is 4.98 Å². The Hall–Kier alpha value is -2.71. The van der Waals surface area contributed by atoms with Gasteiger partial charge in [0.05, 0.1) is 17.7 Å². The molecule has 0 bridgehead atoms. The molecule has 8 heteroatoms. The lowest BCUT2D eigenvalue weighted by Crippen LogP contribution is -2.41. The van der Waals surface area contributed by atoms with Crippen LogP contribution in [0.2, 0.25) is 0 Å². The number of carbonyl (C=O) groups is 2. The lowest BCUT2D eigenvalue weighted by Gasteiger charge is -2.12. The predicted molar refractivity (Wildman–Crippen MR) is 109 cm³/mol. The minimum Gasteiger partial charge on any atom is -0.497 e. The number of hydrogen-bond acceptors (Lipinski definition) is 6. The maximum absolute atomic E-state index is 12.4. The highest BCUT2D eigenvalue weighted by atomic mass is 32.1. The quantitative estimate of drug-likeness (QED) is 0.655. The van der Waals surface area contributed by atoms with Crippen LogP contribution in [0.4, 0.5) is 5.13 Å². The zero-order valence-corrected chi connectivity index (χ0v) is 16.7. The van der Waals surface area contributed by atoms with Crippen LogP contribution in [0.15, 0.2) is 41.8 Å². The fourth-order valence-electron chi connectivity index (χ4n) is 2.42. The Bertz CT molecular complexity index is 934. The summed E-state index contributed by atoms with van der Waals surface area (Å²) in [4.78, 5) is 30.5. The number of nitrogens with one attached hydrogen (secondary N) is 2. The molecule has 1 aromatic carbocycles. The Morgan fingerprint density at radius 3 is 2.56 bits per heavy atom. The Kier molecular flexibility index (Phi) is 5.88. The van der Waals surface area contributed by atoms with Gasteiger partial charge in [0, 0.05) is 10.4 Å². The van der Waals surface area contributed by atoms with Gasteiger partial charge in [0.2, 0.25) is 5.91 Å². The van der Waals surface area contributed by atoms with Crippen molar-refractivity contribution in [3.8, 4) is 17.0 Å². The third-order valence-electron chi connectivity index (χ3n) is 3.88. The van der Waals surface area contributed by atoms with E-state index >= 15 is 0 Å². The highest BCUT2D eigenvalue weighted by Gasteiger charge is 2.19. The van der Waals surface area contributed by atoms with Gasteiger partial charge in [0.15, 0.2) is 5.13 Å². The Morgan fingerprint density at radius 2 is 1.93 bits per heavy atom. The van der Waals surface area contributed by atoms with Crippen LogP contribution in [-0.4, -0.2) is 29.9 Å². The van der Waals surface area contributed by atoms with E-state index in [2.05, 4.69) is 15.6 Å². The molecule has 3 aromatic rings. The molecule has 0 aliphatic rings. The lowest BCUT2D eigenvalue weighted by atomic mass is 10.1. The van der Waals surface area contributed by atoms with Crippen molar-refractivity contribution in [2.45, 2.75) is 19.9 Å². The molecule has 0 fully saturated rings. The lowest BCUT2D eigenvalue weighted by molar-refractivity contribution is -0.117. The van der Waals surface area contributed by atoms with Gasteiger partial charge in [-0.05, 0) is 49.6 Å². The molecule has 0 radical (unpaired) electrons. The van der Waals surface area contributed by atoms with Crippen molar-refractivity contribution in [1.82, 2.24) is 10.3 Å². The second kappa shape index (κ2) is 8.32. The third-order valence-corrected chi connectivity index (χ3v) is 5.63. The number of rotatable bonds is 6. The van der Waals surface area contributed by atoms with Crippen molar-refractivity contribution in [1.29, 1.82) is 0 Å². The van der Waals surface area contributed by atoms with Gasteiger partial charge in [0.25, 0.3) is 5.91 Å². The van der Waals surface area contributed by atoms with Crippen LogP contribution in [0.5, 0.6) is 5.75 Å². The first-order valence-corrected chi connectivity index (χ1v) is 9.94. The average Bonchev–Trinajstić information content (AvgIpc) is 3.31. The average molecular weight is 402 g/mol. The predicted octanol–water partition coefficient (Wildman–Crippen LogP) is 3.95. The van der Waals surface area contributed by atoms with Crippen molar-refractivity contribution < 1.29 is 14.3 Å². The number of methoxy groups -OCH3 is 1. The summed E-state index contributed by atoms with van der Waals surface area (Å²) in [5.74, 6) is 0.201. The van der Waals surface area contributed by atoms with Crippen LogP contribution in [0.1, 0.15) is 21.5 Å². The monoisotopic (exact) mass is 401 g/mol. The fraction of sp³-hybridized carbons (Fsp3) is 0.211. The maximum Gasteiger partial charge on any atom is 0.261 e. The van der Waals surface area contributed by atoms with Crippen LogP contribution < -0.4 is 15.4 Å². The molecule has 27 heavy (non-hydrogen) atoms. The van der Waals surface area contributed by atoms with Crippen LogP contribution in [0.3, 0.4) is 0 Å². The molecule has 0 aliphatic carbocycles. The maximum atomic E-state index is 12.4. The molecule has 1 unspecified atom stereocenters. The smallest absolute Gasteiger partial charge is 0.261 e. The first kappa shape index (κ1) is 19.1. The van der Waals surface area contributed by atoms with Crippen molar-refractivity contribution in [3.63, 3.8) is 0 Å². The van der Waals surface area contributed by atoms with Gasteiger partial charge in [-0.2, -0.15) is 0 Å². The van der Waals surface area contributed by atoms with E-state index in [1.54, 1.807) is 26.2 Å². The van der Waals surface area contributed by atoms with E-state index in [9.17, 15) is 9.59 Å². The number of ether oxygens (including phenoxy) is 1. The molecule has 0 saturated heterocycles. The molecular formula is C19H19N3O3S2. The molecule has 6 nitrogen and oxygen atoms in total.